The number of benzene rings is 3. The van der Waals surface area contributed by atoms with Crippen LogP contribution < -0.4 is 25.0 Å². The molecule has 4 aromatic rings. The molecule has 0 aliphatic carbocycles. The van der Waals surface area contributed by atoms with E-state index in [9.17, 15) is 9.59 Å². The third-order valence-corrected chi connectivity index (χ3v) is 5.85. The summed E-state index contributed by atoms with van der Waals surface area (Å²) in [6, 6.07) is 23.5. The van der Waals surface area contributed by atoms with Crippen molar-refractivity contribution in [1.82, 2.24) is 15.6 Å². The van der Waals surface area contributed by atoms with Crippen LogP contribution in [-0.4, -0.2) is 48.5 Å². The van der Waals surface area contributed by atoms with Crippen molar-refractivity contribution in [1.29, 1.82) is 0 Å². The molecule has 0 aliphatic rings. The summed E-state index contributed by atoms with van der Waals surface area (Å²) in [5, 5.41) is 15.3. The van der Waals surface area contributed by atoms with Crippen molar-refractivity contribution in [3.8, 4) is 17.2 Å². The second-order valence-electron chi connectivity index (χ2n) is 7.68. The minimum atomic E-state index is -0.373. The molecule has 1 aromatic heterocycles. The van der Waals surface area contributed by atoms with E-state index < -0.39 is 0 Å². The fourth-order valence-corrected chi connectivity index (χ4v) is 3.98. The van der Waals surface area contributed by atoms with Gasteiger partial charge in [-0.05, 0) is 36.4 Å². The van der Waals surface area contributed by atoms with E-state index in [2.05, 4.69) is 26.0 Å². The van der Waals surface area contributed by atoms with Crippen molar-refractivity contribution >= 4 is 34.5 Å². The summed E-state index contributed by atoms with van der Waals surface area (Å²) in [6.45, 7) is 0.619. The standard InChI is InChI=1S/C27H25N5O5S/c1-35-22-13-7-8-14-23(22)37-16-15-36-21-12-6-5-11-20(21)18-28-30-24(33)17-25-31-32-27(38-25)29-26(34)19-9-3-2-4-10-19/h2-14,18H,15-17H2,1H3,(H,30,33)(H,29,32,34)/b28-18-. The van der Waals surface area contributed by atoms with Gasteiger partial charge >= 0.3 is 0 Å². The first-order valence-electron chi connectivity index (χ1n) is 11.6. The Hall–Kier alpha value is -4.77. The van der Waals surface area contributed by atoms with Gasteiger partial charge < -0.3 is 14.2 Å². The number of para-hydroxylation sites is 3. The van der Waals surface area contributed by atoms with Crippen LogP contribution in [-0.2, 0) is 11.2 Å². The minimum absolute atomic E-state index is 0.0331. The summed E-state index contributed by atoms with van der Waals surface area (Å²) in [7, 11) is 1.59. The van der Waals surface area contributed by atoms with Crippen LogP contribution in [0.25, 0.3) is 0 Å². The Kier molecular flexibility index (Phi) is 9.35. The molecule has 0 saturated carbocycles. The van der Waals surface area contributed by atoms with Crippen molar-refractivity contribution in [2.45, 2.75) is 6.42 Å². The number of carbonyl (C=O) groups is 2. The first-order chi connectivity index (χ1) is 18.6. The predicted molar refractivity (Wildman–Crippen MR) is 144 cm³/mol. The van der Waals surface area contributed by atoms with Crippen LogP contribution in [0.2, 0.25) is 0 Å². The highest BCUT2D eigenvalue weighted by molar-refractivity contribution is 7.15. The van der Waals surface area contributed by atoms with Crippen LogP contribution in [0.4, 0.5) is 5.13 Å². The van der Waals surface area contributed by atoms with E-state index in [0.717, 1.165) is 11.3 Å². The molecule has 2 amide bonds. The number of methoxy groups -OCH3 is 1. The molecule has 0 unspecified atom stereocenters. The number of rotatable bonds is 12. The number of hydrogen-bond acceptors (Lipinski definition) is 9. The fourth-order valence-electron chi connectivity index (χ4n) is 3.24. The number of hydrogen-bond donors (Lipinski definition) is 2. The predicted octanol–water partition coefficient (Wildman–Crippen LogP) is 3.95. The number of ether oxygens (including phenoxy) is 3. The van der Waals surface area contributed by atoms with Crippen molar-refractivity contribution < 1.29 is 23.8 Å². The van der Waals surface area contributed by atoms with Gasteiger partial charge in [-0.2, -0.15) is 5.10 Å². The Morgan fingerprint density at radius 3 is 2.29 bits per heavy atom. The normalized spacial score (nSPS) is 10.7. The maximum atomic E-state index is 12.3. The molecule has 10 nitrogen and oxygen atoms in total. The second kappa shape index (κ2) is 13.5. The quantitative estimate of drug-likeness (QED) is 0.161. The Morgan fingerprint density at radius 1 is 0.868 bits per heavy atom. The Labute approximate surface area is 223 Å². The topological polar surface area (TPSA) is 124 Å². The monoisotopic (exact) mass is 531 g/mol. The van der Waals surface area contributed by atoms with E-state index >= 15 is 0 Å². The summed E-state index contributed by atoms with van der Waals surface area (Å²) in [5.41, 5.74) is 3.66. The molecule has 194 valence electrons. The van der Waals surface area contributed by atoms with Gasteiger partial charge in [0.15, 0.2) is 11.5 Å². The Bertz CT molecular complexity index is 1390. The molecule has 0 spiro atoms. The number of aromatic nitrogens is 2. The minimum Gasteiger partial charge on any atom is -0.493 e. The smallest absolute Gasteiger partial charge is 0.257 e. The van der Waals surface area contributed by atoms with E-state index in [1.165, 1.54) is 6.21 Å². The van der Waals surface area contributed by atoms with Crippen LogP contribution in [0, 0.1) is 0 Å². The van der Waals surface area contributed by atoms with Crippen molar-refractivity contribution in [3.63, 3.8) is 0 Å². The number of amides is 2. The summed E-state index contributed by atoms with van der Waals surface area (Å²) >= 11 is 1.12. The molecular formula is C27H25N5O5S. The van der Waals surface area contributed by atoms with E-state index in [0.29, 0.717) is 51.7 Å². The van der Waals surface area contributed by atoms with E-state index in [1.807, 2.05) is 48.5 Å². The van der Waals surface area contributed by atoms with E-state index in [1.54, 1.807) is 37.4 Å². The average Bonchev–Trinajstić information content (AvgIpc) is 3.38. The van der Waals surface area contributed by atoms with Gasteiger partial charge in [0, 0.05) is 11.1 Å². The highest BCUT2D eigenvalue weighted by Gasteiger charge is 2.12. The molecule has 2 N–H and O–H groups in total. The summed E-state index contributed by atoms with van der Waals surface area (Å²) < 4.78 is 16.8. The SMILES string of the molecule is COc1ccccc1OCCOc1ccccc1/C=N\NC(=O)Cc1nnc(NC(=O)c2ccccc2)s1. The van der Waals surface area contributed by atoms with Gasteiger partial charge in [0.05, 0.1) is 19.7 Å². The molecule has 1 heterocycles. The van der Waals surface area contributed by atoms with Crippen LogP contribution in [0.1, 0.15) is 20.9 Å². The lowest BCUT2D eigenvalue weighted by molar-refractivity contribution is -0.120. The molecule has 0 fully saturated rings. The van der Waals surface area contributed by atoms with Gasteiger partial charge in [0.1, 0.15) is 24.0 Å². The third kappa shape index (κ3) is 7.61. The zero-order chi connectivity index (χ0) is 26.6. The Morgan fingerprint density at radius 2 is 1.53 bits per heavy atom. The molecular weight excluding hydrogens is 506 g/mol. The lowest BCUT2D eigenvalue weighted by Crippen LogP contribution is -2.19. The van der Waals surface area contributed by atoms with Crippen LogP contribution in [0.15, 0.2) is 84.0 Å². The lowest BCUT2D eigenvalue weighted by atomic mass is 10.2. The third-order valence-electron chi connectivity index (χ3n) is 5.01. The molecule has 0 bridgehead atoms. The van der Waals surface area contributed by atoms with Gasteiger partial charge in [-0.3, -0.25) is 14.9 Å². The molecule has 0 atom stereocenters. The number of nitrogens with one attached hydrogen (secondary N) is 2. The average molecular weight is 532 g/mol. The number of carbonyl (C=O) groups excluding carboxylic acids is 2. The number of hydrazone groups is 1. The Balaban J connectivity index is 1.24. The van der Waals surface area contributed by atoms with Crippen LogP contribution in [0.5, 0.6) is 17.2 Å². The van der Waals surface area contributed by atoms with Gasteiger partial charge in [0.25, 0.3) is 5.91 Å². The van der Waals surface area contributed by atoms with Gasteiger partial charge in [0.2, 0.25) is 11.0 Å². The molecule has 38 heavy (non-hydrogen) atoms. The van der Waals surface area contributed by atoms with Gasteiger partial charge in [-0.25, -0.2) is 5.43 Å². The largest absolute Gasteiger partial charge is 0.493 e. The van der Waals surface area contributed by atoms with E-state index in [-0.39, 0.29) is 18.2 Å². The molecule has 3 aromatic carbocycles. The first-order valence-corrected chi connectivity index (χ1v) is 12.4. The first kappa shape index (κ1) is 26.3. The fraction of sp³-hybridized carbons (Fsp3) is 0.148. The van der Waals surface area contributed by atoms with E-state index in [4.69, 9.17) is 14.2 Å². The molecule has 0 aliphatic heterocycles. The lowest BCUT2D eigenvalue weighted by Gasteiger charge is -2.12. The number of anilines is 1. The summed E-state index contributed by atoms with van der Waals surface area (Å²) in [5.74, 6) is 1.21. The van der Waals surface area contributed by atoms with Crippen molar-refractivity contribution in [3.05, 3.63) is 95.0 Å². The van der Waals surface area contributed by atoms with Gasteiger partial charge in [-0.1, -0.05) is 53.8 Å². The van der Waals surface area contributed by atoms with Crippen molar-refractivity contribution in [2.75, 3.05) is 25.6 Å². The van der Waals surface area contributed by atoms with Crippen LogP contribution in [0.3, 0.4) is 0 Å². The van der Waals surface area contributed by atoms with Crippen LogP contribution >= 0.6 is 11.3 Å². The highest BCUT2D eigenvalue weighted by Crippen LogP contribution is 2.25. The second-order valence-corrected chi connectivity index (χ2v) is 8.74. The zero-order valence-electron chi connectivity index (χ0n) is 20.5. The molecule has 11 heteroatoms. The van der Waals surface area contributed by atoms with Crippen molar-refractivity contribution in [2.24, 2.45) is 5.10 Å². The maximum Gasteiger partial charge on any atom is 0.257 e. The maximum absolute atomic E-state index is 12.3. The molecule has 0 saturated heterocycles. The molecule has 4 rings (SSSR count). The summed E-state index contributed by atoms with van der Waals surface area (Å²) in [4.78, 5) is 24.5. The van der Waals surface area contributed by atoms with Gasteiger partial charge in [-0.15, -0.1) is 10.2 Å². The number of nitrogens with zero attached hydrogens (tertiary/aromatic N) is 3. The summed E-state index contributed by atoms with van der Waals surface area (Å²) in [6.07, 6.45) is 1.47. The zero-order valence-corrected chi connectivity index (χ0v) is 21.3. The molecule has 0 radical (unpaired) electrons. The highest BCUT2D eigenvalue weighted by atomic mass is 32.1.